The van der Waals surface area contributed by atoms with Crippen LogP contribution in [0.15, 0.2) is 152 Å². The van der Waals surface area contributed by atoms with Crippen molar-refractivity contribution in [2.24, 2.45) is 0 Å². The van der Waals surface area contributed by atoms with E-state index in [4.69, 9.17) is 0 Å². The van der Waals surface area contributed by atoms with Crippen molar-refractivity contribution in [3.8, 4) is 11.1 Å². The molecule has 0 nitrogen and oxygen atoms in total. The minimum absolute atomic E-state index is 0. The summed E-state index contributed by atoms with van der Waals surface area (Å²) in [4.78, 5) is 0. The molecule has 0 aliphatic heterocycles. The quantitative estimate of drug-likeness (QED) is 0.186. The van der Waals surface area contributed by atoms with Gasteiger partial charge in [-0.25, -0.2) is 0 Å². The number of fused-ring (bicyclic) bond motifs is 2. The van der Waals surface area contributed by atoms with Gasteiger partial charge in [0.15, 0.2) is 0 Å². The Morgan fingerprint density at radius 1 is 0.578 bits per heavy atom. The van der Waals surface area contributed by atoms with Crippen LogP contribution in [0.5, 0.6) is 0 Å². The van der Waals surface area contributed by atoms with Crippen molar-refractivity contribution in [3.05, 3.63) is 191 Å². The van der Waals surface area contributed by atoms with E-state index in [0.29, 0.717) is 11.8 Å². The van der Waals surface area contributed by atoms with Crippen molar-refractivity contribution >= 4 is 18.3 Å². The Hall–Kier alpha value is -3.17. The van der Waals surface area contributed by atoms with E-state index in [-0.39, 0.29) is 31.0 Å². The maximum atomic E-state index is 2.34. The first-order valence-electron chi connectivity index (χ1n) is 14.9. The summed E-state index contributed by atoms with van der Waals surface area (Å²) in [7, 11) is 0. The number of allylic oxidation sites excluding steroid dienone is 6. The van der Waals surface area contributed by atoms with Gasteiger partial charge in [0.25, 0.3) is 0 Å². The van der Waals surface area contributed by atoms with Gasteiger partial charge in [-0.3, -0.25) is 0 Å². The van der Waals surface area contributed by atoms with Crippen molar-refractivity contribution in [3.63, 3.8) is 0 Å². The number of aryl methyl sites for hydroxylation is 1. The largest absolute Gasteiger partial charge is 1.00 e. The fourth-order valence-electron chi connectivity index (χ4n) is 5.65. The standard InChI is InChI=1S/C22H17.C17H15.C2H6Si.2ClH.Ti/c1-3-9-17(10-4-1)20-15-19-13-7-8-14-21(22(19)16-20)18-11-5-2-6-12-18;1-13-11-15-9-5-6-10-16(17(15)12-13)14-7-3-2-4-8-14;1-3-2;;;/h1-16,21H;2-12,16H,1H3;1-2H3;2*1H;/q2*-1;;;;+2/p-2. The zero-order chi connectivity index (χ0) is 30.0. The molecule has 0 fully saturated rings. The summed E-state index contributed by atoms with van der Waals surface area (Å²) >= 11 is 2.27. The monoisotopic (exact) mass is 676 g/mol. The summed E-state index contributed by atoms with van der Waals surface area (Å²) in [6, 6.07) is 41.2. The Labute approximate surface area is 294 Å². The molecule has 5 aromatic carbocycles. The molecule has 0 aromatic heterocycles. The first kappa shape index (κ1) is 36.3. The van der Waals surface area contributed by atoms with Gasteiger partial charge in [-0.15, -0.1) is 58.7 Å². The Morgan fingerprint density at radius 2 is 1.00 bits per heavy atom. The molecule has 0 radical (unpaired) electrons. The molecule has 0 heterocycles. The molecular formula is C41H38Cl2SiTi-2. The molecule has 0 bridgehead atoms. The van der Waals surface area contributed by atoms with Gasteiger partial charge < -0.3 is 24.8 Å². The van der Waals surface area contributed by atoms with Gasteiger partial charge in [-0.05, 0) is 23.0 Å². The number of rotatable bonds is 3. The third-order valence-electron chi connectivity index (χ3n) is 7.53. The molecule has 0 saturated carbocycles. The van der Waals surface area contributed by atoms with Gasteiger partial charge >= 0.3 is 38.5 Å². The van der Waals surface area contributed by atoms with Crippen molar-refractivity contribution in [1.82, 2.24) is 0 Å². The number of hydrogen-bond donors (Lipinski definition) is 0. The SMILES string of the molecule is C1=Cc2[cH-]c(-c3ccccc3)cc2C(c2ccccc2)C=C1.C[Si](C)=[Ti+2].Cc1cc2c([cH-]1)C=CC=CC2c1ccccc1.[Cl-].[Cl-]. The summed E-state index contributed by atoms with van der Waals surface area (Å²) in [5.74, 6) is 0.707. The van der Waals surface area contributed by atoms with E-state index in [1.165, 1.54) is 50.1 Å². The fraction of sp³-hybridized carbons (Fsp3) is 0.122. The molecule has 4 heteroatoms. The van der Waals surface area contributed by atoms with Gasteiger partial charge in [-0.2, -0.15) is 17.2 Å². The molecule has 226 valence electrons. The molecule has 0 N–H and O–H groups in total. The van der Waals surface area contributed by atoms with Gasteiger partial charge in [0.1, 0.15) is 0 Å². The van der Waals surface area contributed by atoms with Crippen molar-refractivity contribution in [2.45, 2.75) is 31.9 Å². The minimum atomic E-state index is 0. The zero-order valence-corrected chi connectivity index (χ0v) is 30.1. The van der Waals surface area contributed by atoms with Crippen molar-refractivity contribution in [2.75, 3.05) is 0 Å². The van der Waals surface area contributed by atoms with Gasteiger partial charge in [0, 0.05) is 0 Å². The van der Waals surface area contributed by atoms with Gasteiger partial charge in [-0.1, -0.05) is 134 Å². The Kier molecular flexibility index (Phi) is 14.6. The molecule has 2 aliphatic rings. The third kappa shape index (κ3) is 9.91. The third-order valence-corrected chi connectivity index (χ3v) is 7.53. The average molecular weight is 678 g/mol. The van der Waals surface area contributed by atoms with E-state index >= 15 is 0 Å². The normalized spacial score (nSPS) is 15.3. The van der Waals surface area contributed by atoms with Crippen LogP contribution in [0.4, 0.5) is 0 Å². The Balaban J connectivity index is 0.000000216. The molecular weight excluding hydrogens is 639 g/mol. The molecule has 7 rings (SSSR count). The van der Waals surface area contributed by atoms with Crippen LogP contribution in [0.1, 0.15) is 50.8 Å². The van der Waals surface area contributed by atoms with E-state index in [0.717, 1.165) is 0 Å². The second-order valence-corrected chi connectivity index (χ2v) is 17.9. The number of hydrogen-bond acceptors (Lipinski definition) is 0. The van der Waals surface area contributed by atoms with Crippen LogP contribution in [0, 0.1) is 6.92 Å². The van der Waals surface area contributed by atoms with Crippen molar-refractivity contribution < 1.29 is 44.0 Å². The smallest absolute Gasteiger partial charge is 0.0144 e. The molecule has 0 saturated heterocycles. The topological polar surface area (TPSA) is 0 Å². The second-order valence-electron chi connectivity index (χ2n) is 11.2. The van der Waals surface area contributed by atoms with E-state index in [1.54, 1.807) is 0 Å². The second kappa shape index (κ2) is 18.1. The minimum Gasteiger partial charge on any atom is -1.00 e. The molecule has 45 heavy (non-hydrogen) atoms. The molecule has 2 atom stereocenters. The van der Waals surface area contributed by atoms with Gasteiger partial charge in [0.05, 0.1) is 0 Å². The molecule has 2 aliphatic carbocycles. The van der Waals surface area contributed by atoms with E-state index in [2.05, 4.69) is 203 Å². The zero-order valence-electron chi connectivity index (χ0n) is 26.0. The summed E-state index contributed by atoms with van der Waals surface area (Å²) in [6.07, 6.45) is 17.6. The summed E-state index contributed by atoms with van der Waals surface area (Å²) in [5, 5.41) is 0. The van der Waals surface area contributed by atoms with E-state index in [9.17, 15) is 0 Å². The summed E-state index contributed by atoms with van der Waals surface area (Å²) in [5.41, 5.74) is 12.1. The number of halogens is 2. The van der Waals surface area contributed by atoms with E-state index in [1.807, 2.05) is 0 Å². The first-order chi connectivity index (χ1) is 21.0. The predicted octanol–water partition coefficient (Wildman–Crippen LogP) is 5.01. The van der Waals surface area contributed by atoms with Crippen LogP contribution >= 0.6 is 0 Å². The fourth-order valence-corrected chi connectivity index (χ4v) is 5.65. The average Bonchev–Trinajstić information content (AvgIpc) is 3.48. The molecule has 0 spiro atoms. The van der Waals surface area contributed by atoms with E-state index < -0.39 is 0 Å². The molecule has 0 amide bonds. The predicted molar refractivity (Wildman–Crippen MR) is 185 cm³/mol. The van der Waals surface area contributed by atoms with Crippen LogP contribution in [0.2, 0.25) is 13.1 Å². The summed E-state index contributed by atoms with van der Waals surface area (Å²) < 4.78 is 0. The van der Waals surface area contributed by atoms with Crippen LogP contribution < -0.4 is 24.8 Å². The Bertz CT molecular complexity index is 1750. The first-order valence-corrected chi connectivity index (χ1v) is 19.8. The van der Waals surface area contributed by atoms with Gasteiger partial charge in [0.2, 0.25) is 0 Å². The van der Waals surface area contributed by atoms with Crippen LogP contribution in [-0.4, -0.2) is 6.19 Å². The summed E-state index contributed by atoms with van der Waals surface area (Å²) in [6.45, 7) is 6.70. The van der Waals surface area contributed by atoms with Crippen LogP contribution in [-0.2, 0) is 19.2 Å². The van der Waals surface area contributed by atoms with Crippen LogP contribution in [0.3, 0.4) is 0 Å². The molecule has 5 aromatic rings. The van der Waals surface area contributed by atoms with Crippen molar-refractivity contribution in [1.29, 1.82) is 0 Å². The number of benzene rings is 3. The molecule has 2 unspecified atom stereocenters. The Morgan fingerprint density at radius 3 is 1.49 bits per heavy atom. The maximum Gasteiger partial charge on any atom is -0.0144 e. The maximum absolute atomic E-state index is 2.34. The van der Waals surface area contributed by atoms with Crippen LogP contribution in [0.25, 0.3) is 23.3 Å².